The minimum Gasteiger partial charge on any atom is -0.477 e. The molecule has 0 atom stereocenters. The zero-order chi connectivity index (χ0) is 13.2. The molecule has 3 aromatic rings. The van der Waals surface area contributed by atoms with Gasteiger partial charge in [0.05, 0.1) is 17.9 Å². The third-order valence-electron chi connectivity index (χ3n) is 2.86. The van der Waals surface area contributed by atoms with Gasteiger partial charge in [0.15, 0.2) is 0 Å². The van der Waals surface area contributed by atoms with Gasteiger partial charge in [0.25, 0.3) is 0 Å². The first kappa shape index (κ1) is 12.0. The number of aromatic nitrogens is 3. The van der Waals surface area contributed by atoms with E-state index in [0.717, 1.165) is 21.5 Å². The van der Waals surface area contributed by atoms with Gasteiger partial charge in [-0.2, -0.15) is 0 Å². The van der Waals surface area contributed by atoms with Gasteiger partial charge in [-0.05, 0) is 36.9 Å². The highest BCUT2D eigenvalue weighted by atomic mass is 32.1. The summed E-state index contributed by atoms with van der Waals surface area (Å²) in [6, 6.07) is 3.88. The Morgan fingerprint density at radius 2 is 2.16 bits per heavy atom. The fraction of sp³-hybridized carbons (Fsp3) is 0.214. The normalized spacial score (nSPS) is 10.8. The molecule has 5 heteroatoms. The Balaban J connectivity index is 2.27. The zero-order valence-electron chi connectivity index (χ0n) is 10.8. The summed E-state index contributed by atoms with van der Waals surface area (Å²) in [6.45, 7) is 4.60. The van der Waals surface area contributed by atoms with Crippen LogP contribution in [0.4, 0.5) is 0 Å². The van der Waals surface area contributed by atoms with Gasteiger partial charge in [-0.25, -0.2) is 15.0 Å². The molecule has 0 unspecified atom stereocenters. The lowest BCUT2D eigenvalue weighted by molar-refractivity contribution is 0.328. The first-order chi connectivity index (χ1) is 9.31. The number of aryl methyl sites for hydroxylation is 1. The maximum Gasteiger partial charge on any atom is 0.222 e. The molecule has 0 fully saturated rings. The molecule has 3 rings (SSSR count). The number of pyridine rings is 1. The van der Waals surface area contributed by atoms with Gasteiger partial charge in [-0.3, -0.25) is 0 Å². The van der Waals surface area contributed by atoms with Crippen LogP contribution in [0.15, 0.2) is 30.0 Å². The quantitative estimate of drug-likeness (QED) is 0.732. The summed E-state index contributed by atoms with van der Waals surface area (Å²) < 4.78 is 5.59. The van der Waals surface area contributed by atoms with Gasteiger partial charge >= 0.3 is 0 Å². The molecule has 19 heavy (non-hydrogen) atoms. The Labute approximate surface area is 115 Å². The monoisotopic (exact) mass is 271 g/mol. The molecule has 0 spiro atoms. The van der Waals surface area contributed by atoms with E-state index in [1.54, 1.807) is 23.9 Å². The largest absolute Gasteiger partial charge is 0.477 e. The van der Waals surface area contributed by atoms with Crippen LogP contribution in [-0.4, -0.2) is 21.6 Å². The Bertz CT molecular complexity index is 724. The molecule has 0 aromatic carbocycles. The highest BCUT2D eigenvalue weighted by Gasteiger charge is 2.14. The topological polar surface area (TPSA) is 47.9 Å². The van der Waals surface area contributed by atoms with Crippen molar-refractivity contribution in [2.24, 2.45) is 0 Å². The highest BCUT2D eigenvalue weighted by Crippen LogP contribution is 2.35. The second-order valence-corrected chi connectivity index (χ2v) is 4.97. The van der Waals surface area contributed by atoms with Crippen molar-refractivity contribution in [1.82, 2.24) is 15.0 Å². The van der Waals surface area contributed by atoms with Gasteiger partial charge in [0.2, 0.25) is 5.88 Å². The van der Waals surface area contributed by atoms with Crippen molar-refractivity contribution in [3.63, 3.8) is 0 Å². The highest BCUT2D eigenvalue weighted by molar-refractivity contribution is 7.17. The molecule has 0 radical (unpaired) electrons. The number of hydrogen-bond acceptors (Lipinski definition) is 5. The number of rotatable bonds is 3. The summed E-state index contributed by atoms with van der Waals surface area (Å²) in [4.78, 5) is 14.0. The fourth-order valence-electron chi connectivity index (χ4n) is 2.04. The predicted molar refractivity (Wildman–Crippen MR) is 76.6 cm³/mol. The van der Waals surface area contributed by atoms with Gasteiger partial charge in [-0.1, -0.05) is 0 Å². The maximum atomic E-state index is 5.59. The molecule has 0 saturated carbocycles. The number of thiophene rings is 1. The molecule has 0 aliphatic carbocycles. The summed E-state index contributed by atoms with van der Waals surface area (Å²) in [7, 11) is 0. The van der Waals surface area contributed by atoms with Crippen molar-refractivity contribution in [3.05, 3.63) is 35.6 Å². The summed E-state index contributed by atoms with van der Waals surface area (Å²) in [6.07, 6.45) is 3.32. The molecule has 0 aliphatic heterocycles. The zero-order valence-corrected chi connectivity index (χ0v) is 11.6. The molecule has 3 aromatic heterocycles. The Morgan fingerprint density at radius 3 is 3.00 bits per heavy atom. The first-order valence-electron chi connectivity index (χ1n) is 6.08. The molecule has 0 amide bonds. The number of hydrogen-bond donors (Lipinski definition) is 0. The second-order valence-electron chi connectivity index (χ2n) is 4.11. The maximum absolute atomic E-state index is 5.59. The average Bonchev–Trinajstić information content (AvgIpc) is 2.82. The van der Waals surface area contributed by atoms with Crippen LogP contribution in [0.5, 0.6) is 5.88 Å². The van der Waals surface area contributed by atoms with Crippen LogP contribution in [-0.2, 0) is 0 Å². The van der Waals surface area contributed by atoms with Crippen LogP contribution < -0.4 is 4.74 Å². The van der Waals surface area contributed by atoms with E-state index in [-0.39, 0.29) is 0 Å². The first-order valence-corrected chi connectivity index (χ1v) is 6.96. The Kier molecular flexibility index (Phi) is 3.13. The van der Waals surface area contributed by atoms with Crippen molar-refractivity contribution in [2.75, 3.05) is 6.61 Å². The fourth-order valence-corrected chi connectivity index (χ4v) is 2.93. The summed E-state index contributed by atoms with van der Waals surface area (Å²) in [5.74, 6) is 0.621. The van der Waals surface area contributed by atoms with Crippen molar-refractivity contribution >= 4 is 21.6 Å². The van der Waals surface area contributed by atoms with Crippen molar-refractivity contribution in [1.29, 1.82) is 0 Å². The molecule has 0 bridgehead atoms. The van der Waals surface area contributed by atoms with Crippen molar-refractivity contribution < 1.29 is 4.74 Å². The SMILES string of the molecule is CCOc1ncccc1-c1ncnc2scc(C)c12. The lowest BCUT2D eigenvalue weighted by Gasteiger charge is -2.09. The lowest BCUT2D eigenvalue weighted by atomic mass is 10.1. The van der Waals surface area contributed by atoms with Crippen LogP contribution in [0.1, 0.15) is 12.5 Å². The average molecular weight is 271 g/mol. The number of fused-ring (bicyclic) bond motifs is 1. The Hall–Kier alpha value is -2.01. The summed E-state index contributed by atoms with van der Waals surface area (Å²) >= 11 is 1.63. The molecule has 0 N–H and O–H groups in total. The molecule has 3 heterocycles. The number of ether oxygens (including phenoxy) is 1. The van der Waals surface area contributed by atoms with Crippen LogP contribution >= 0.6 is 11.3 Å². The van der Waals surface area contributed by atoms with E-state index >= 15 is 0 Å². The standard InChI is InChI=1S/C14H13N3OS/c1-3-18-13-10(5-4-6-15-13)12-11-9(2)7-19-14(11)17-8-16-12/h4-8H,3H2,1-2H3. The van der Waals surface area contributed by atoms with Gasteiger partial charge in [0, 0.05) is 11.6 Å². The van der Waals surface area contributed by atoms with E-state index in [2.05, 4.69) is 27.3 Å². The molecular formula is C14H13N3OS. The van der Waals surface area contributed by atoms with Crippen LogP contribution in [0.2, 0.25) is 0 Å². The van der Waals surface area contributed by atoms with Crippen molar-refractivity contribution in [3.8, 4) is 17.1 Å². The minimum atomic E-state index is 0.584. The van der Waals surface area contributed by atoms with E-state index in [4.69, 9.17) is 4.74 Å². The molecule has 0 aliphatic rings. The third-order valence-corrected chi connectivity index (χ3v) is 3.87. The van der Waals surface area contributed by atoms with Crippen molar-refractivity contribution in [2.45, 2.75) is 13.8 Å². The van der Waals surface area contributed by atoms with Crippen LogP contribution in [0.25, 0.3) is 21.5 Å². The second kappa shape index (κ2) is 4.93. The smallest absolute Gasteiger partial charge is 0.222 e. The van der Waals surface area contributed by atoms with E-state index in [1.165, 1.54) is 5.56 Å². The van der Waals surface area contributed by atoms with Gasteiger partial charge in [-0.15, -0.1) is 11.3 Å². The van der Waals surface area contributed by atoms with Crippen LogP contribution in [0, 0.1) is 6.92 Å². The van der Waals surface area contributed by atoms with E-state index in [0.29, 0.717) is 12.5 Å². The number of nitrogens with zero attached hydrogens (tertiary/aromatic N) is 3. The summed E-state index contributed by atoms with van der Waals surface area (Å²) in [5, 5.41) is 3.18. The minimum absolute atomic E-state index is 0.584. The Morgan fingerprint density at radius 1 is 1.26 bits per heavy atom. The molecule has 4 nitrogen and oxygen atoms in total. The molecular weight excluding hydrogens is 258 g/mol. The molecule has 0 saturated heterocycles. The molecule has 96 valence electrons. The van der Waals surface area contributed by atoms with E-state index in [1.807, 2.05) is 19.1 Å². The van der Waals surface area contributed by atoms with Crippen LogP contribution in [0.3, 0.4) is 0 Å². The lowest BCUT2D eigenvalue weighted by Crippen LogP contribution is -1.98. The third kappa shape index (κ3) is 2.06. The van der Waals surface area contributed by atoms with E-state index < -0.39 is 0 Å². The van der Waals surface area contributed by atoms with E-state index in [9.17, 15) is 0 Å². The predicted octanol–water partition coefficient (Wildman–Crippen LogP) is 3.46. The van der Waals surface area contributed by atoms with Gasteiger partial charge in [0.1, 0.15) is 11.2 Å². The summed E-state index contributed by atoms with van der Waals surface area (Å²) in [5.41, 5.74) is 2.99. The van der Waals surface area contributed by atoms with Gasteiger partial charge < -0.3 is 4.74 Å².